The van der Waals surface area contributed by atoms with Gasteiger partial charge in [-0.2, -0.15) is 0 Å². The molecule has 0 bridgehead atoms. The summed E-state index contributed by atoms with van der Waals surface area (Å²) in [6, 6.07) is 184. The van der Waals surface area contributed by atoms with Crippen LogP contribution in [0.1, 0.15) is 0 Å². The zero-order valence-electron chi connectivity index (χ0n) is 81.4. The van der Waals surface area contributed by atoms with E-state index in [2.05, 4.69) is 472 Å². The fourth-order valence-corrected chi connectivity index (χ4v) is 21.0. The third-order valence-electron chi connectivity index (χ3n) is 28.1. The molecule has 12 nitrogen and oxygen atoms in total. The van der Waals surface area contributed by atoms with Crippen molar-refractivity contribution in [1.29, 1.82) is 0 Å². The molecular formula is C135H88N12Pt3. The summed E-state index contributed by atoms with van der Waals surface area (Å²) in [6.45, 7) is 0. The summed E-state index contributed by atoms with van der Waals surface area (Å²) in [6.07, 6.45) is 5.50. The number of pyridine rings is 3. The SMILES string of the molecule is Cn1c(-c2[c-]c3c(c(-c4ccccc4)c2)c2cc(-c4ccccc4)ccc2n3-c2[c-]c(-c3ccccn3)ccc2-c2ccccc2)nc2ccccc21.Cn1c(-c2[c-]c3c(cc2)c2cc(-c4ccccc4)ccc2n3-c2[c-]c(-c3ccccn3)cc(-c3ccccc3)c2)nc2ccccc21.Cn1c(-c2[c-]c3c(cc2)c2cc(-c4ccccc4)ccc2n3-c2[c-]c(-c3ccccn3)ccc2-c2ccccc2)nc2ccccc21.[Pt+2].[Pt+2].[Pt+2]. The Morgan fingerprint density at radius 1 is 0.193 bits per heavy atom. The molecule has 0 radical (unpaired) electrons. The Labute approximate surface area is 911 Å². The summed E-state index contributed by atoms with van der Waals surface area (Å²) < 4.78 is 13.4. The van der Waals surface area contributed by atoms with E-state index in [4.69, 9.17) is 24.9 Å². The molecule has 28 aromatic rings. The van der Waals surface area contributed by atoms with Crippen LogP contribution in [-0.2, 0) is 84.3 Å². The molecule has 0 unspecified atom stereocenters. The van der Waals surface area contributed by atoms with Crippen molar-refractivity contribution >= 4 is 98.5 Å². The van der Waals surface area contributed by atoms with Gasteiger partial charge in [0.25, 0.3) is 0 Å². The molecule has 9 heterocycles. The molecule has 0 spiro atoms. The van der Waals surface area contributed by atoms with Crippen LogP contribution >= 0.6 is 0 Å². The number of rotatable bonds is 16. The number of aromatic nitrogens is 12. The van der Waals surface area contributed by atoms with Crippen molar-refractivity contribution in [1.82, 2.24) is 57.3 Å². The zero-order valence-corrected chi connectivity index (χ0v) is 88.2. The molecular weight excluding hydrogens is 2370 g/mol. The molecule has 0 N–H and O–H groups in total. The van der Waals surface area contributed by atoms with Crippen molar-refractivity contribution in [3.8, 4) is 163 Å². The van der Waals surface area contributed by atoms with E-state index in [0.717, 1.165) is 234 Å². The van der Waals surface area contributed by atoms with Gasteiger partial charge in [0.1, 0.15) is 0 Å². The van der Waals surface area contributed by atoms with Gasteiger partial charge in [-0.25, -0.2) is 0 Å². The molecule has 0 saturated carbocycles. The molecule has 0 aliphatic carbocycles. The van der Waals surface area contributed by atoms with Gasteiger partial charge in [0.05, 0.1) is 50.6 Å². The summed E-state index contributed by atoms with van der Waals surface area (Å²) in [5.41, 5.74) is 39.2. The van der Waals surface area contributed by atoms with Crippen LogP contribution in [0.2, 0.25) is 0 Å². The van der Waals surface area contributed by atoms with E-state index in [0.29, 0.717) is 0 Å². The number of para-hydroxylation sites is 6. The van der Waals surface area contributed by atoms with Gasteiger partial charge in [-0.3, -0.25) is 15.0 Å². The molecule has 0 aliphatic rings. The number of nitrogens with zero attached hydrogens (tertiary/aromatic N) is 12. The van der Waals surface area contributed by atoms with Crippen LogP contribution in [0.4, 0.5) is 0 Å². The van der Waals surface area contributed by atoms with Gasteiger partial charge < -0.3 is 42.4 Å². The first-order valence-corrected chi connectivity index (χ1v) is 49.3. The maximum absolute atomic E-state index is 5.16. The molecule has 0 fully saturated rings. The van der Waals surface area contributed by atoms with Crippen LogP contribution in [0.15, 0.2) is 480 Å². The predicted octanol–water partition coefficient (Wildman–Crippen LogP) is 32.7. The largest absolute Gasteiger partial charge is 2.00 e. The van der Waals surface area contributed by atoms with Crippen LogP contribution in [0.3, 0.4) is 0 Å². The Bertz CT molecular complexity index is 9810. The summed E-state index contributed by atoms with van der Waals surface area (Å²) in [4.78, 5) is 29.3. The van der Waals surface area contributed by atoms with Gasteiger partial charge in [-0.05, 0) is 184 Å². The van der Waals surface area contributed by atoms with Crippen LogP contribution < -0.4 is 0 Å². The Morgan fingerprint density at radius 2 is 0.513 bits per heavy atom. The molecule has 0 saturated heterocycles. The van der Waals surface area contributed by atoms with Gasteiger partial charge in [0.2, 0.25) is 0 Å². The van der Waals surface area contributed by atoms with E-state index in [1.54, 1.807) is 0 Å². The third kappa shape index (κ3) is 17.8. The molecule has 150 heavy (non-hydrogen) atoms. The number of fused-ring (bicyclic) bond motifs is 12. The number of hydrogen-bond donors (Lipinski definition) is 0. The fourth-order valence-electron chi connectivity index (χ4n) is 21.0. The zero-order chi connectivity index (χ0) is 97.9. The normalized spacial score (nSPS) is 11.3. The van der Waals surface area contributed by atoms with Crippen LogP contribution in [0.5, 0.6) is 0 Å². The van der Waals surface area contributed by atoms with Crippen LogP contribution in [0.25, 0.3) is 261 Å². The predicted molar refractivity (Wildman–Crippen MR) is 602 cm³/mol. The Hall–Kier alpha value is -17.5. The van der Waals surface area contributed by atoms with E-state index >= 15 is 0 Å². The van der Waals surface area contributed by atoms with E-state index in [1.807, 2.05) is 97.5 Å². The van der Waals surface area contributed by atoms with E-state index < -0.39 is 0 Å². The Morgan fingerprint density at radius 3 is 0.913 bits per heavy atom. The standard InChI is InChI=1S/C49H32N4.2C43H28N4.3Pt/c1-52-45-23-12-11-22-43(45)51-49(52)38-30-40(35-19-9-4-10-20-35)48-41-29-36(33-15-5-2-6-16-33)25-27-44(41)53(47(48)32-38)46-31-37(42-21-13-14-28-50-42)24-26-39(46)34-17-7-3-8-18-34;1-46-40-18-9-8-17-38(40)45-43(46)33-20-23-35-36-26-31(29-12-4-2-5-13-29)21-24-39(36)47(42(35)28-33)41-27-32(37-16-10-11-25-44-37)19-22-34(41)30-14-6-3-7-15-30;1-46-41-18-9-8-17-39(41)45-43(46)32-19-21-36-37-27-31(29-12-4-2-5-13-29)20-22-40(37)47(42(36)28-32)35-25-33(30-14-6-3-7-15-30)24-34(26-35)38-16-10-11-23-44-38;;;/h2-30H,1H3;2-26H,1H3;2-25,27H,1H3;;;/q3*-2;3*+2. The smallest absolute Gasteiger partial charge is 0.367 e. The molecule has 19 aromatic carbocycles. The minimum absolute atomic E-state index is 0. The first-order valence-electron chi connectivity index (χ1n) is 49.3. The van der Waals surface area contributed by atoms with Crippen LogP contribution in [-0.4, -0.2) is 57.3 Å². The second-order valence-electron chi connectivity index (χ2n) is 36.9. The van der Waals surface area contributed by atoms with Crippen molar-refractivity contribution in [2.24, 2.45) is 21.1 Å². The van der Waals surface area contributed by atoms with Crippen molar-refractivity contribution in [3.05, 3.63) is 516 Å². The molecule has 9 aromatic heterocycles. The minimum Gasteiger partial charge on any atom is -0.367 e. The Kier molecular flexibility index (Phi) is 26.5. The summed E-state index contributed by atoms with van der Waals surface area (Å²) in [5, 5.41) is 6.83. The van der Waals surface area contributed by atoms with Crippen LogP contribution in [0, 0.1) is 36.4 Å². The summed E-state index contributed by atoms with van der Waals surface area (Å²) in [5.74, 6) is 2.62. The summed E-state index contributed by atoms with van der Waals surface area (Å²) in [7, 11) is 6.23. The maximum Gasteiger partial charge on any atom is 2.00 e. The van der Waals surface area contributed by atoms with Gasteiger partial charge in [-0.15, -0.1) is 137 Å². The molecule has 718 valence electrons. The number of benzene rings is 19. The average Bonchev–Trinajstić information content (AvgIpc) is 1.51. The third-order valence-corrected chi connectivity index (χ3v) is 28.1. The topological polar surface area (TPSA) is 107 Å². The van der Waals surface area contributed by atoms with E-state index in [9.17, 15) is 0 Å². The number of hydrogen-bond acceptors (Lipinski definition) is 6. The molecule has 0 aliphatic heterocycles. The maximum atomic E-state index is 5.16. The summed E-state index contributed by atoms with van der Waals surface area (Å²) >= 11 is 0. The second-order valence-corrected chi connectivity index (χ2v) is 36.9. The molecule has 0 amide bonds. The van der Waals surface area contributed by atoms with E-state index in [-0.39, 0.29) is 63.2 Å². The fraction of sp³-hybridized carbons (Fsp3) is 0.0222. The number of aryl methyl sites for hydroxylation is 3. The molecule has 0 atom stereocenters. The average molecular weight is 2460 g/mol. The van der Waals surface area contributed by atoms with Gasteiger partial charge in [0.15, 0.2) is 0 Å². The van der Waals surface area contributed by atoms with Crippen molar-refractivity contribution in [2.45, 2.75) is 0 Å². The molecule has 15 heteroatoms. The van der Waals surface area contributed by atoms with Gasteiger partial charge in [-0.1, -0.05) is 371 Å². The van der Waals surface area contributed by atoms with Crippen molar-refractivity contribution < 1.29 is 63.2 Å². The number of imidazole rings is 3. The monoisotopic (exact) mass is 2460 g/mol. The first-order chi connectivity index (χ1) is 72.6. The quantitative estimate of drug-likeness (QED) is 0.0892. The minimum atomic E-state index is 0. The van der Waals surface area contributed by atoms with Gasteiger partial charge in [0, 0.05) is 56.3 Å². The van der Waals surface area contributed by atoms with Gasteiger partial charge >= 0.3 is 63.2 Å². The first kappa shape index (κ1) is 96.0. The Balaban J connectivity index is 0.000000122. The van der Waals surface area contributed by atoms with Crippen molar-refractivity contribution in [2.75, 3.05) is 0 Å². The second kappa shape index (κ2) is 41.4. The van der Waals surface area contributed by atoms with Crippen molar-refractivity contribution in [3.63, 3.8) is 0 Å². The van der Waals surface area contributed by atoms with E-state index in [1.165, 1.54) is 27.8 Å². The molecule has 28 rings (SSSR count).